The van der Waals surface area contributed by atoms with Crippen molar-refractivity contribution >= 4 is 0 Å². The quantitative estimate of drug-likeness (QED) is 0.601. The molecule has 1 aliphatic rings. The smallest absolute Gasteiger partial charge is 0.156 e. The lowest BCUT2D eigenvalue weighted by atomic mass is 9.82. The van der Waals surface area contributed by atoms with Gasteiger partial charge in [-0.25, -0.2) is 4.39 Å². The van der Waals surface area contributed by atoms with Gasteiger partial charge in [0.15, 0.2) is 6.30 Å². The third-order valence-electron chi connectivity index (χ3n) is 3.31. The first-order chi connectivity index (χ1) is 6.06. The van der Waals surface area contributed by atoms with Gasteiger partial charge >= 0.3 is 0 Å². The van der Waals surface area contributed by atoms with Gasteiger partial charge in [0.2, 0.25) is 0 Å². The molecule has 0 bridgehead atoms. The molecule has 0 radical (unpaired) electrons. The molecule has 1 aliphatic heterocycles. The Kier molecular flexibility index (Phi) is 3.72. The number of alkyl halides is 1. The van der Waals surface area contributed by atoms with Gasteiger partial charge in [0.25, 0.3) is 0 Å². The van der Waals surface area contributed by atoms with Crippen molar-refractivity contribution in [2.75, 3.05) is 13.1 Å². The summed E-state index contributed by atoms with van der Waals surface area (Å²) in [7, 11) is 0. The highest BCUT2D eigenvalue weighted by Gasteiger charge is 2.33. The second kappa shape index (κ2) is 4.41. The molecule has 1 heterocycles. The third-order valence-corrected chi connectivity index (χ3v) is 3.31. The van der Waals surface area contributed by atoms with Crippen molar-refractivity contribution in [2.24, 2.45) is 17.8 Å². The molecular weight excluding hydrogens is 165 g/mol. The van der Waals surface area contributed by atoms with Crippen LogP contribution in [0, 0.1) is 17.8 Å². The van der Waals surface area contributed by atoms with E-state index in [4.69, 9.17) is 0 Å². The van der Waals surface area contributed by atoms with Gasteiger partial charge < -0.3 is 0 Å². The van der Waals surface area contributed by atoms with Crippen LogP contribution in [0.5, 0.6) is 0 Å². The van der Waals surface area contributed by atoms with Crippen molar-refractivity contribution in [2.45, 2.75) is 40.4 Å². The molecule has 78 valence electrons. The van der Waals surface area contributed by atoms with Gasteiger partial charge in [-0.2, -0.15) is 0 Å². The molecule has 0 amide bonds. The van der Waals surface area contributed by atoms with Crippen LogP contribution in [0.3, 0.4) is 0 Å². The van der Waals surface area contributed by atoms with E-state index in [1.807, 2.05) is 18.7 Å². The average Bonchev–Trinajstić information content (AvgIpc) is 2.09. The maximum absolute atomic E-state index is 13.6. The molecule has 1 saturated heterocycles. The van der Waals surface area contributed by atoms with Gasteiger partial charge in [-0.3, -0.25) is 4.90 Å². The Hall–Kier alpha value is -0.110. The van der Waals surface area contributed by atoms with Crippen molar-refractivity contribution in [1.29, 1.82) is 0 Å². The zero-order valence-corrected chi connectivity index (χ0v) is 9.26. The van der Waals surface area contributed by atoms with Gasteiger partial charge in [0, 0.05) is 12.5 Å². The number of rotatable bonds is 2. The number of nitrogens with zero attached hydrogens (tertiary/aromatic N) is 1. The first-order valence-electron chi connectivity index (χ1n) is 5.44. The predicted octanol–water partition coefficient (Wildman–Crippen LogP) is 2.92. The van der Waals surface area contributed by atoms with E-state index in [-0.39, 0.29) is 5.92 Å². The minimum Gasteiger partial charge on any atom is -0.274 e. The topological polar surface area (TPSA) is 3.24 Å². The molecule has 1 nitrogen and oxygen atoms in total. The number of piperidine rings is 1. The molecule has 0 aromatic heterocycles. The molecule has 3 atom stereocenters. The molecule has 0 aliphatic carbocycles. The van der Waals surface area contributed by atoms with Gasteiger partial charge in [-0.05, 0) is 24.8 Å². The Bertz CT molecular complexity index is 158. The standard InChI is InChI=1S/C11H22FN/c1-5-13-7-10(8(2)3)6-9(4)11(13)12/h8-11H,5-7H2,1-4H3. The van der Waals surface area contributed by atoms with Gasteiger partial charge in [-0.15, -0.1) is 0 Å². The van der Waals surface area contributed by atoms with Crippen LogP contribution < -0.4 is 0 Å². The number of hydrogen-bond donors (Lipinski definition) is 0. The van der Waals surface area contributed by atoms with Crippen LogP contribution in [0.25, 0.3) is 0 Å². The lowest BCUT2D eigenvalue weighted by molar-refractivity contribution is -0.0262. The second-order valence-corrected chi connectivity index (χ2v) is 4.68. The molecule has 0 aromatic rings. The summed E-state index contributed by atoms with van der Waals surface area (Å²) in [4.78, 5) is 1.97. The zero-order valence-electron chi connectivity index (χ0n) is 9.26. The number of hydrogen-bond acceptors (Lipinski definition) is 1. The molecule has 13 heavy (non-hydrogen) atoms. The van der Waals surface area contributed by atoms with E-state index in [1.165, 1.54) is 0 Å². The van der Waals surface area contributed by atoms with Gasteiger partial charge in [0.1, 0.15) is 0 Å². The fraction of sp³-hybridized carbons (Fsp3) is 1.00. The van der Waals surface area contributed by atoms with Crippen LogP contribution in [-0.2, 0) is 0 Å². The normalized spacial score (nSPS) is 36.9. The SMILES string of the molecule is CCN1CC(C(C)C)CC(C)C1F. The van der Waals surface area contributed by atoms with Crippen molar-refractivity contribution in [3.63, 3.8) is 0 Å². The first kappa shape index (κ1) is 11.0. The van der Waals surface area contributed by atoms with E-state index in [9.17, 15) is 4.39 Å². The fourth-order valence-electron chi connectivity index (χ4n) is 2.21. The molecule has 0 N–H and O–H groups in total. The van der Waals surface area contributed by atoms with E-state index in [1.54, 1.807) is 0 Å². The van der Waals surface area contributed by atoms with Crippen LogP contribution in [0.15, 0.2) is 0 Å². The Morgan fingerprint density at radius 3 is 2.54 bits per heavy atom. The third kappa shape index (κ3) is 2.43. The van der Waals surface area contributed by atoms with Crippen molar-refractivity contribution in [3.8, 4) is 0 Å². The second-order valence-electron chi connectivity index (χ2n) is 4.68. The summed E-state index contributed by atoms with van der Waals surface area (Å²) in [5.74, 6) is 1.58. The summed E-state index contributed by atoms with van der Waals surface area (Å²) in [6.07, 6.45) is 0.343. The number of likely N-dealkylation sites (tertiary alicyclic amines) is 1. The van der Waals surface area contributed by atoms with E-state index < -0.39 is 6.30 Å². The zero-order chi connectivity index (χ0) is 10.0. The van der Waals surface area contributed by atoms with Crippen LogP contribution in [0.1, 0.15) is 34.1 Å². The fourth-order valence-corrected chi connectivity index (χ4v) is 2.21. The summed E-state index contributed by atoms with van der Waals surface area (Å²) >= 11 is 0. The molecule has 0 saturated carbocycles. The lowest BCUT2D eigenvalue weighted by Gasteiger charge is -2.40. The number of halogens is 1. The molecule has 2 heteroatoms. The molecular formula is C11H22FN. The average molecular weight is 187 g/mol. The predicted molar refractivity (Wildman–Crippen MR) is 54.3 cm³/mol. The summed E-state index contributed by atoms with van der Waals surface area (Å²) < 4.78 is 13.6. The maximum atomic E-state index is 13.6. The van der Waals surface area contributed by atoms with E-state index in [0.717, 1.165) is 19.5 Å². The monoisotopic (exact) mass is 187 g/mol. The molecule has 0 spiro atoms. The maximum Gasteiger partial charge on any atom is 0.156 e. The van der Waals surface area contributed by atoms with Crippen LogP contribution in [-0.4, -0.2) is 24.3 Å². The van der Waals surface area contributed by atoms with Crippen LogP contribution in [0.2, 0.25) is 0 Å². The van der Waals surface area contributed by atoms with Crippen molar-refractivity contribution < 1.29 is 4.39 Å². The highest BCUT2D eigenvalue weighted by Crippen LogP contribution is 2.31. The minimum atomic E-state index is -0.708. The lowest BCUT2D eigenvalue weighted by Crippen LogP contribution is -2.46. The molecule has 3 unspecified atom stereocenters. The minimum absolute atomic E-state index is 0.209. The molecule has 1 rings (SSSR count). The molecule has 1 fully saturated rings. The summed E-state index contributed by atoms with van der Waals surface area (Å²) in [5, 5.41) is 0. The van der Waals surface area contributed by atoms with Crippen LogP contribution in [0.4, 0.5) is 4.39 Å². The Morgan fingerprint density at radius 2 is 2.08 bits per heavy atom. The summed E-state index contributed by atoms with van der Waals surface area (Å²) in [6.45, 7) is 10.3. The van der Waals surface area contributed by atoms with Crippen molar-refractivity contribution in [1.82, 2.24) is 4.90 Å². The highest BCUT2D eigenvalue weighted by atomic mass is 19.1. The largest absolute Gasteiger partial charge is 0.274 e. The molecule has 0 aromatic carbocycles. The summed E-state index contributed by atoms with van der Waals surface area (Å²) in [5.41, 5.74) is 0. The van der Waals surface area contributed by atoms with Gasteiger partial charge in [0.05, 0.1) is 0 Å². The Labute approximate surface area is 81.3 Å². The van der Waals surface area contributed by atoms with Crippen LogP contribution >= 0.6 is 0 Å². The first-order valence-corrected chi connectivity index (χ1v) is 5.44. The van der Waals surface area contributed by atoms with E-state index in [0.29, 0.717) is 11.8 Å². The van der Waals surface area contributed by atoms with E-state index >= 15 is 0 Å². The van der Waals surface area contributed by atoms with Crippen molar-refractivity contribution in [3.05, 3.63) is 0 Å². The van der Waals surface area contributed by atoms with Gasteiger partial charge in [-0.1, -0.05) is 27.7 Å². The Morgan fingerprint density at radius 1 is 1.46 bits per heavy atom. The van der Waals surface area contributed by atoms with E-state index in [2.05, 4.69) is 13.8 Å². The highest BCUT2D eigenvalue weighted by molar-refractivity contribution is 4.81. The Balaban J connectivity index is 2.58. The summed E-state index contributed by atoms with van der Waals surface area (Å²) in [6, 6.07) is 0.